The van der Waals surface area contributed by atoms with Crippen LogP contribution in [0.25, 0.3) is 0 Å². The van der Waals surface area contributed by atoms with Gasteiger partial charge in [-0.2, -0.15) is 5.10 Å². The predicted molar refractivity (Wildman–Crippen MR) is 78.1 cm³/mol. The molecular weight excluding hydrogens is 264 g/mol. The highest BCUT2D eigenvalue weighted by molar-refractivity contribution is 7.91. The molecule has 0 aliphatic carbocycles. The lowest BCUT2D eigenvalue weighted by molar-refractivity contribution is 0.435. The van der Waals surface area contributed by atoms with Gasteiger partial charge in [0, 0.05) is 12.8 Å². The number of nitrogens with one attached hydrogen (secondary N) is 1. The Bertz CT molecular complexity index is 518. The molecule has 0 aliphatic heterocycles. The van der Waals surface area contributed by atoms with E-state index in [1.807, 2.05) is 20.8 Å². The summed E-state index contributed by atoms with van der Waals surface area (Å²) in [5, 5.41) is 7.40. The average Bonchev–Trinajstić information content (AvgIpc) is 2.65. The SMILES string of the molecule is CCCNc1nn(C(CC)CC)c(N)c1S(C)(=O)=O. The molecule has 1 aromatic heterocycles. The highest BCUT2D eigenvalue weighted by Gasteiger charge is 2.26. The first-order chi connectivity index (χ1) is 8.86. The van der Waals surface area contributed by atoms with Crippen molar-refractivity contribution in [1.82, 2.24) is 9.78 Å². The molecule has 0 aliphatic rings. The summed E-state index contributed by atoms with van der Waals surface area (Å²) < 4.78 is 25.4. The van der Waals surface area contributed by atoms with Crippen molar-refractivity contribution in [3.63, 3.8) is 0 Å². The predicted octanol–water partition coefficient (Wildman–Crippen LogP) is 2.05. The van der Waals surface area contributed by atoms with Crippen molar-refractivity contribution in [1.29, 1.82) is 0 Å². The van der Waals surface area contributed by atoms with Crippen molar-refractivity contribution in [3.05, 3.63) is 0 Å². The summed E-state index contributed by atoms with van der Waals surface area (Å²) >= 11 is 0. The number of nitrogens with zero attached hydrogens (tertiary/aromatic N) is 2. The second kappa shape index (κ2) is 6.27. The molecule has 0 saturated carbocycles. The molecule has 0 radical (unpaired) electrons. The zero-order chi connectivity index (χ0) is 14.6. The summed E-state index contributed by atoms with van der Waals surface area (Å²) in [4.78, 5) is 0.118. The molecule has 0 unspecified atom stereocenters. The summed E-state index contributed by atoms with van der Waals surface area (Å²) in [5.41, 5.74) is 6.00. The number of aromatic nitrogens is 2. The molecular formula is C12H24N4O2S. The summed E-state index contributed by atoms with van der Waals surface area (Å²) in [6.45, 7) is 6.75. The summed E-state index contributed by atoms with van der Waals surface area (Å²) in [7, 11) is -3.39. The van der Waals surface area contributed by atoms with E-state index in [0.717, 1.165) is 25.5 Å². The zero-order valence-corrected chi connectivity index (χ0v) is 12.9. The topological polar surface area (TPSA) is 90.0 Å². The van der Waals surface area contributed by atoms with Crippen LogP contribution in [0.15, 0.2) is 4.90 Å². The lowest BCUT2D eigenvalue weighted by Crippen LogP contribution is -2.12. The molecule has 0 bridgehead atoms. The van der Waals surface area contributed by atoms with Crippen molar-refractivity contribution in [2.75, 3.05) is 23.9 Å². The van der Waals surface area contributed by atoms with Gasteiger partial charge in [0.15, 0.2) is 20.6 Å². The van der Waals surface area contributed by atoms with Gasteiger partial charge in [0.05, 0.1) is 6.04 Å². The molecule has 1 aromatic rings. The van der Waals surface area contributed by atoms with Crippen LogP contribution < -0.4 is 11.1 Å². The minimum atomic E-state index is -3.39. The lowest BCUT2D eigenvalue weighted by atomic mass is 10.2. The molecule has 0 fully saturated rings. The maximum atomic E-state index is 11.9. The minimum absolute atomic E-state index is 0.118. The number of nitrogen functional groups attached to an aromatic ring is 1. The van der Waals surface area contributed by atoms with Gasteiger partial charge in [-0.25, -0.2) is 13.1 Å². The summed E-state index contributed by atoms with van der Waals surface area (Å²) in [6.07, 6.45) is 3.77. The van der Waals surface area contributed by atoms with E-state index in [4.69, 9.17) is 5.73 Å². The standard InChI is InChI=1S/C12H24N4O2S/c1-5-8-14-12-10(19(4,17)18)11(13)16(15-12)9(6-2)7-3/h9H,5-8,13H2,1-4H3,(H,14,15). The first-order valence-electron chi connectivity index (χ1n) is 6.68. The molecule has 1 rings (SSSR count). The fourth-order valence-corrected chi connectivity index (χ4v) is 3.01. The van der Waals surface area contributed by atoms with Crippen molar-refractivity contribution in [3.8, 4) is 0 Å². The van der Waals surface area contributed by atoms with Crippen LogP contribution in [0.4, 0.5) is 11.6 Å². The molecule has 3 N–H and O–H groups in total. The van der Waals surface area contributed by atoms with E-state index in [2.05, 4.69) is 10.4 Å². The van der Waals surface area contributed by atoms with Gasteiger partial charge in [-0.1, -0.05) is 20.8 Å². The fourth-order valence-electron chi connectivity index (χ4n) is 2.07. The van der Waals surface area contributed by atoms with Crippen LogP contribution >= 0.6 is 0 Å². The third-order valence-electron chi connectivity index (χ3n) is 3.10. The normalized spacial score (nSPS) is 12.1. The second-order valence-electron chi connectivity index (χ2n) is 4.68. The highest BCUT2D eigenvalue weighted by Crippen LogP contribution is 2.31. The molecule has 0 atom stereocenters. The molecule has 0 aromatic carbocycles. The number of hydrogen-bond donors (Lipinski definition) is 2. The number of anilines is 2. The fraction of sp³-hybridized carbons (Fsp3) is 0.750. The summed E-state index contributed by atoms with van der Waals surface area (Å²) in [6, 6.07) is 0.123. The molecule has 19 heavy (non-hydrogen) atoms. The Morgan fingerprint density at radius 3 is 2.32 bits per heavy atom. The maximum absolute atomic E-state index is 11.9. The van der Waals surface area contributed by atoms with Crippen LogP contribution in [0.1, 0.15) is 46.1 Å². The van der Waals surface area contributed by atoms with Crippen molar-refractivity contribution in [2.45, 2.75) is 51.0 Å². The van der Waals surface area contributed by atoms with E-state index in [-0.39, 0.29) is 16.8 Å². The number of rotatable bonds is 7. The van der Waals surface area contributed by atoms with Gasteiger partial charge in [0.1, 0.15) is 5.82 Å². The van der Waals surface area contributed by atoms with E-state index in [1.54, 1.807) is 4.68 Å². The number of sulfone groups is 1. The Balaban J connectivity index is 3.34. The Hall–Kier alpha value is -1.24. The van der Waals surface area contributed by atoms with Gasteiger partial charge in [-0.05, 0) is 19.3 Å². The van der Waals surface area contributed by atoms with Crippen molar-refractivity contribution < 1.29 is 8.42 Å². The number of nitrogens with two attached hydrogens (primary N) is 1. The Kier molecular flexibility index (Phi) is 5.22. The maximum Gasteiger partial charge on any atom is 0.182 e. The molecule has 7 heteroatoms. The van der Waals surface area contributed by atoms with Gasteiger partial charge in [0.2, 0.25) is 0 Å². The van der Waals surface area contributed by atoms with Gasteiger partial charge in [-0.3, -0.25) is 0 Å². The Morgan fingerprint density at radius 1 is 1.32 bits per heavy atom. The van der Waals surface area contributed by atoms with E-state index >= 15 is 0 Å². The van der Waals surface area contributed by atoms with Crippen LogP contribution in [-0.4, -0.2) is 31.0 Å². The molecule has 0 saturated heterocycles. The first kappa shape index (κ1) is 15.8. The Morgan fingerprint density at radius 2 is 1.89 bits per heavy atom. The first-order valence-corrected chi connectivity index (χ1v) is 8.57. The number of hydrogen-bond acceptors (Lipinski definition) is 5. The summed E-state index contributed by atoms with van der Waals surface area (Å²) in [5.74, 6) is 0.601. The highest BCUT2D eigenvalue weighted by atomic mass is 32.2. The quantitative estimate of drug-likeness (QED) is 0.801. The van der Waals surface area contributed by atoms with Crippen LogP contribution in [0.5, 0.6) is 0 Å². The monoisotopic (exact) mass is 288 g/mol. The van der Waals surface area contributed by atoms with Crippen molar-refractivity contribution >= 4 is 21.5 Å². The van der Waals surface area contributed by atoms with Crippen LogP contribution in [0.2, 0.25) is 0 Å². The zero-order valence-electron chi connectivity index (χ0n) is 12.1. The minimum Gasteiger partial charge on any atom is -0.383 e. The van der Waals surface area contributed by atoms with Gasteiger partial charge in [0.25, 0.3) is 0 Å². The Labute approximate surface area is 115 Å². The third-order valence-corrected chi connectivity index (χ3v) is 4.25. The largest absolute Gasteiger partial charge is 0.383 e. The van der Waals surface area contributed by atoms with E-state index < -0.39 is 9.84 Å². The smallest absolute Gasteiger partial charge is 0.182 e. The molecule has 0 spiro atoms. The van der Waals surface area contributed by atoms with Gasteiger partial charge >= 0.3 is 0 Å². The van der Waals surface area contributed by atoms with Crippen molar-refractivity contribution in [2.24, 2.45) is 0 Å². The van der Waals surface area contributed by atoms with Gasteiger partial charge in [-0.15, -0.1) is 0 Å². The molecule has 1 heterocycles. The molecule has 110 valence electrons. The van der Waals surface area contributed by atoms with E-state index in [9.17, 15) is 8.42 Å². The molecule has 0 amide bonds. The molecule has 6 nitrogen and oxygen atoms in total. The average molecular weight is 288 g/mol. The third kappa shape index (κ3) is 3.40. The van der Waals surface area contributed by atoms with Crippen LogP contribution in [0.3, 0.4) is 0 Å². The van der Waals surface area contributed by atoms with Crippen LogP contribution in [-0.2, 0) is 9.84 Å². The van der Waals surface area contributed by atoms with E-state index in [1.165, 1.54) is 0 Å². The van der Waals surface area contributed by atoms with E-state index in [0.29, 0.717) is 12.4 Å². The second-order valence-corrected chi connectivity index (χ2v) is 6.63. The van der Waals surface area contributed by atoms with Gasteiger partial charge < -0.3 is 11.1 Å². The lowest BCUT2D eigenvalue weighted by Gasteiger charge is -2.14. The van der Waals surface area contributed by atoms with Crippen LogP contribution in [0, 0.1) is 0 Å².